The van der Waals surface area contributed by atoms with Crippen LogP contribution in [0.3, 0.4) is 0 Å². The van der Waals surface area contributed by atoms with Crippen LogP contribution in [0.1, 0.15) is 13.8 Å². The van der Waals surface area contributed by atoms with Crippen molar-refractivity contribution < 1.29 is 9.90 Å². The summed E-state index contributed by atoms with van der Waals surface area (Å²) in [6.45, 7) is 3.42. The molecule has 0 aromatic carbocycles. The number of nitriles is 1. The van der Waals surface area contributed by atoms with E-state index >= 15 is 0 Å². The summed E-state index contributed by atoms with van der Waals surface area (Å²) in [6.07, 6.45) is 0. The number of carbonyl (C=O) groups is 1. The molecule has 0 saturated carbocycles. The Morgan fingerprint density at radius 1 is 1.67 bits per heavy atom. The summed E-state index contributed by atoms with van der Waals surface area (Å²) in [5.74, 6) is -2.00. The topological polar surface area (TPSA) is 61.1 Å². The Hall–Kier alpha value is -1.04. The zero-order valence-corrected chi connectivity index (χ0v) is 5.46. The van der Waals surface area contributed by atoms with Gasteiger partial charge in [-0.3, -0.25) is 4.79 Å². The van der Waals surface area contributed by atoms with E-state index in [4.69, 9.17) is 10.4 Å². The van der Waals surface area contributed by atoms with Crippen LogP contribution in [0.15, 0.2) is 0 Å². The van der Waals surface area contributed by atoms with Crippen LogP contribution in [-0.4, -0.2) is 11.1 Å². The minimum Gasteiger partial charge on any atom is -0.480 e. The van der Waals surface area contributed by atoms with E-state index in [9.17, 15) is 4.79 Å². The molecule has 0 aliphatic carbocycles. The Kier molecular flexibility index (Phi) is 2.72. The van der Waals surface area contributed by atoms with Gasteiger partial charge in [-0.25, -0.2) is 0 Å². The van der Waals surface area contributed by atoms with Crippen LogP contribution in [0.25, 0.3) is 0 Å². The van der Waals surface area contributed by atoms with Crippen molar-refractivity contribution in [1.29, 1.82) is 5.26 Å². The molecule has 0 radical (unpaired) electrons. The lowest BCUT2D eigenvalue weighted by Gasteiger charge is -2.04. The molecule has 1 atom stereocenters. The van der Waals surface area contributed by atoms with Gasteiger partial charge in [0, 0.05) is 0 Å². The quantitative estimate of drug-likeness (QED) is 0.598. The van der Waals surface area contributed by atoms with E-state index in [1.807, 2.05) is 0 Å². The van der Waals surface area contributed by atoms with Gasteiger partial charge in [0.2, 0.25) is 0 Å². The molecular weight excluding hydrogens is 118 g/mol. The summed E-state index contributed by atoms with van der Waals surface area (Å²) in [6, 6.07) is 1.70. The van der Waals surface area contributed by atoms with Gasteiger partial charge >= 0.3 is 5.97 Å². The average Bonchev–Trinajstić information content (AvgIpc) is 1.64. The monoisotopic (exact) mass is 127 g/mol. The lowest BCUT2D eigenvalue weighted by atomic mass is 9.98. The number of rotatable bonds is 2. The fourth-order valence-electron chi connectivity index (χ4n) is 0.489. The highest BCUT2D eigenvalue weighted by Crippen LogP contribution is 2.08. The molecule has 0 amide bonds. The van der Waals surface area contributed by atoms with Crippen LogP contribution in [-0.2, 0) is 4.79 Å². The molecule has 0 saturated heterocycles. The van der Waals surface area contributed by atoms with E-state index in [1.165, 1.54) is 0 Å². The van der Waals surface area contributed by atoms with Crippen molar-refractivity contribution in [3.8, 4) is 6.07 Å². The molecule has 1 N–H and O–H groups in total. The molecule has 0 aliphatic rings. The lowest BCUT2D eigenvalue weighted by Crippen LogP contribution is -2.17. The third-order valence-corrected chi connectivity index (χ3v) is 1.07. The van der Waals surface area contributed by atoms with Crippen molar-refractivity contribution in [2.75, 3.05) is 0 Å². The summed E-state index contributed by atoms with van der Waals surface area (Å²) in [7, 11) is 0. The maximum atomic E-state index is 10.1. The van der Waals surface area contributed by atoms with E-state index in [-0.39, 0.29) is 5.92 Å². The van der Waals surface area contributed by atoms with Crippen molar-refractivity contribution in [1.82, 2.24) is 0 Å². The number of carboxylic acids is 1. The maximum absolute atomic E-state index is 10.1. The standard InChI is InChI=1S/C6H9NO2/c1-4(2)5(3-7)6(8)9/h4-5H,1-2H3,(H,8,9). The molecular formula is C6H9NO2. The number of hydrogen-bond donors (Lipinski definition) is 1. The average molecular weight is 127 g/mol. The smallest absolute Gasteiger partial charge is 0.321 e. The largest absolute Gasteiger partial charge is 0.480 e. The first-order valence-electron chi connectivity index (χ1n) is 2.72. The lowest BCUT2D eigenvalue weighted by molar-refractivity contribution is -0.140. The molecule has 0 bridgehead atoms. The molecule has 0 spiro atoms. The van der Waals surface area contributed by atoms with E-state index in [1.54, 1.807) is 19.9 Å². The van der Waals surface area contributed by atoms with Crippen LogP contribution in [0.4, 0.5) is 0 Å². The summed E-state index contributed by atoms with van der Waals surface area (Å²) in [5, 5.41) is 16.6. The molecule has 50 valence electrons. The van der Waals surface area contributed by atoms with E-state index in [0.29, 0.717) is 0 Å². The van der Waals surface area contributed by atoms with E-state index < -0.39 is 11.9 Å². The van der Waals surface area contributed by atoms with Gasteiger partial charge in [0.15, 0.2) is 0 Å². The molecule has 0 heterocycles. The van der Waals surface area contributed by atoms with Gasteiger partial charge in [-0.1, -0.05) is 13.8 Å². The van der Waals surface area contributed by atoms with Crippen LogP contribution < -0.4 is 0 Å². The van der Waals surface area contributed by atoms with Gasteiger partial charge in [-0.15, -0.1) is 0 Å². The highest BCUT2D eigenvalue weighted by Gasteiger charge is 2.19. The molecule has 3 heteroatoms. The summed E-state index contributed by atoms with van der Waals surface area (Å²) in [4.78, 5) is 10.1. The van der Waals surface area contributed by atoms with Crippen LogP contribution >= 0.6 is 0 Å². The first-order chi connectivity index (χ1) is 4.09. The summed E-state index contributed by atoms with van der Waals surface area (Å²) >= 11 is 0. The van der Waals surface area contributed by atoms with Gasteiger partial charge < -0.3 is 5.11 Å². The molecule has 0 aliphatic heterocycles. The Balaban J connectivity index is 4.04. The van der Waals surface area contributed by atoms with Crippen molar-refractivity contribution in [3.63, 3.8) is 0 Å². The fraction of sp³-hybridized carbons (Fsp3) is 0.667. The molecule has 1 unspecified atom stereocenters. The minimum absolute atomic E-state index is 0.104. The Bertz CT molecular complexity index is 146. The van der Waals surface area contributed by atoms with E-state index in [0.717, 1.165) is 0 Å². The molecule has 3 nitrogen and oxygen atoms in total. The number of aliphatic carboxylic acids is 1. The summed E-state index contributed by atoms with van der Waals surface area (Å²) in [5.41, 5.74) is 0. The van der Waals surface area contributed by atoms with Gasteiger partial charge in [0.05, 0.1) is 6.07 Å². The molecule has 0 fully saturated rings. The first-order valence-corrected chi connectivity index (χ1v) is 2.72. The Labute approximate surface area is 53.9 Å². The number of nitrogens with zero attached hydrogens (tertiary/aromatic N) is 1. The zero-order valence-electron chi connectivity index (χ0n) is 5.46. The highest BCUT2D eigenvalue weighted by atomic mass is 16.4. The van der Waals surface area contributed by atoms with Gasteiger partial charge in [0.1, 0.15) is 5.92 Å². The normalized spacial score (nSPS) is 12.7. The van der Waals surface area contributed by atoms with Crippen LogP contribution in [0.5, 0.6) is 0 Å². The van der Waals surface area contributed by atoms with Crippen LogP contribution in [0, 0.1) is 23.2 Å². The number of carboxylic acid groups (broad SMARTS) is 1. The molecule has 0 aromatic heterocycles. The number of hydrogen-bond acceptors (Lipinski definition) is 2. The second kappa shape index (κ2) is 3.08. The van der Waals surface area contributed by atoms with Crippen molar-refractivity contribution in [2.24, 2.45) is 11.8 Å². The Morgan fingerprint density at radius 3 is 2.11 bits per heavy atom. The molecule has 0 rings (SSSR count). The predicted molar refractivity (Wildman–Crippen MR) is 31.6 cm³/mol. The first kappa shape index (κ1) is 7.96. The SMILES string of the molecule is CC(C)C(C#N)C(=O)O. The Morgan fingerprint density at radius 2 is 2.11 bits per heavy atom. The highest BCUT2D eigenvalue weighted by molar-refractivity contribution is 5.73. The van der Waals surface area contributed by atoms with Gasteiger partial charge in [-0.05, 0) is 5.92 Å². The second-order valence-electron chi connectivity index (χ2n) is 2.19. The fourth-order valence-corrected chi connectivity index (χ4v) is 0.489. The maximum Gasteiger partial charge on any atom is 0.321 e. The van der Waals surface area contributed by atoms with Crippen molar-refractivity contribution in [2.45, 2.75) is 13.8 Å². The molecule has 0 aromatic rings. The van der Waals surface area contributed by atoms with Crippen molar-refractivity contribution in [3.05, 3.63) is 0 Å². The zero-order chi connectivity index (χ0) is 7.44. The van der Waals surface area contributed by atoms with Crippen LogP contribution in [0.2, 0.25) is 0 Å². The summed E-state index contributed by atoms with van der Waals surface area (Å²) < 4.78 is 0. The third kappa shape index (κ3) is 2.13. The molecule has 9 heavy (non-hydrogen) atoms. The predicted octanol–water partition coefficient (Wildman–Crippen LogP) is 0.867. The second-order valence-corrected chi connectivity index (χ2v) is 2.19. The van der Waals surface area contributed by atoms with Gasteiger partial charge in [-0.2, -0.15) is 5.26 Å². The minimum atomic E-state index is -1.03. The van der Waals surface area contributed by atoms with Gasteiger partial charge in [0.25, 0.3) is 0 Å². The third-order valence-electron chi connectivity index (χ3n) is 1.07. The van der Waals surface area contributed by atoms with Crippen molar-refractivity contribution >= 4 is 5.97 Å². The van der Waals surface area contributed by atoms with E-state index in [2.05, 4.69) is 0 Å².